The molecular formula is C10H19NO2. The highest BCUT2D eigenvalue weighted by atomic mass is 16.3. The van der Waals surface area contributed by atoms with Gasteiger partial charge in [0.05, 0.1) is 0 Å². The van der Waals surface area contributed by atoms with Gasteiger partial charge in [0.2, 0.25) is 5.91 Å². The van der Waals surface area contributed by atoms with E-state index in [1.54, 1.807) is 6.08 Å². The highest BCUT2D eigenvalue weighted by Gasteiger charge is 2.03. The topological polar surface area (TPSA) is 49.3 Å². The van der Waals surface area contributed by atoms with E-state index in [2.05, 4.69) is 11.9 Å². The largest absolute Gasteiger partial charge is 0.396 e. The second-order valence-electron chi connectivity index (χ2n) is 3.25. The van der Waals surface area contributed by atoms with Crippen LogP contribution >= 0.6 is 0 Å². The fourth-order valence-corrected chi connectivity index (χ4v) is 0.932. The molecule has 0 aromatic carbocycles. The van der Waals surface area contributed by atoms with Gasteiger partial charge in [-0.25, -0.2) is 0 Å². The molecule has 0 rings (SSSR count). The Morgan fingerprint density at radius 3 is 2.92 bits per heavy atom. The van der Waals surface area contributed by atoms with Crippen LogP contribution in [0.3, 0.4) is 0 Å². The number of nitrogens with one attached hydrogen (secondary N) is 1. The Kier molecular flexibility index (Phi) is 7.30. The normalized spacial score (nSPS) is 12.2. The van der Waals surface area contributed by atoms with Crippen LogP contribution in [0.4, 0.5) is 0 Å². The first kappa shape index (κ1) is 12.2. The molecule has 0 aliphatic carbocycles. The molecule has 3 nitrogen and oxygen atoms in total. The molecule has 1 amide bonds. The van der Waals surface area contributed by atoms with Crippen molar-refractivity contribution < 1.29 is 9.90 Å². The molecule has 76 valence electrons. The number of carbonyl (C=O) groups excluding carboxylic acids is 1. The minimum atomic E-state index is 0.0599. The molecule has 0 spiro atoms. The summed E-state index contributed by atoms with van der Waals surface area (Å²) in [4.78, 5) is 11.1. The van der Waals surface area contributed by atoms with Gasteiger partial charge in [-0.15, -0.1) is 6.58 Å². The minimum Gasteiger partial charge on any atom is -0.396 e. The third-order valence-electron chi connectivity index (χ3n) is 1.85. The molecule has 1 unspecified atom stereocenters. The van der Waals surface area contributed by atoms with E-state index < -0.39 is 0 Å². The predicted molar refractivity (Wildman–Crippen MR) is 53.3 cm³/mol. The van der Waals surface area contributed by atoms with Crippen LogP contribution in [0.25, 0.3) is 0 Å². The maximum Gasteiger partial charge on any atom is 0.220 e. The molecule has 0 fully saturated rings. The fourth-order valence-electron chi connectivity index (χ4n) is 0.932. The number of rotatable bonds is 7. The zero-order valence-corrected chi connectivity index (χ0v) is 8.25. The average molecular weight is 185 g/mol. The monoisotopic (exact) mass is 185 g/mol. The number of hydrogen-bond donors (Lipinski definition) is 2. The maximum atomic E-state index is 11.1. The van der Waals surface area contributed by atoms with Gasteiger partial charge in [-0.3, -0.25) is 4.79 Å². The second-order valence-corrected chi connectivity index (χ2v) is 3.25. The number of carbonyl (C=O) groups is 1. The fraction of sp³-hybridized carbons (Fsp3) is 0.700. The summed E-state index contributed by atoms with van der Waals surface area (Å²) in [6.07, 6.45) is 3.70. The van der Waals surface area contributed by atoms with Crippen LogP contribution in [0.1, 0.15) is 26.2 Å². The van der Waals surface area contributed by atoms with Crippen LogP contribution in [0.15, 0.2) is 12.7 Å². The zero-order valence-electron chi connectivity index (χ0n) is 8.25. The van der Waals surface area contributed by atoms with Gasteiger partial charge >= 0.3 is 0 Å². The van der Waals surface area contributed by atoms with Gasteiger partial charge in [-0.1, -0.05) is 13.0 Å². The molecule has 0 bridgehead atoms. The quantitative estimate of drug-likeness (QED) is 0.583. The molecule has 0 saturated carbocycles. The van der Waals surface area contributed by atoms with Gasteiger partial charge in [0.1, 0.15) is 0 Å². The lowest BCUT2D eigenvalue weighted by molar-refractivity contribution is -0.121. The Morgan fingerprint density at radius 2 is 2.38 bits per heavy atom. The molecule has 0 heterocycles. The van der Waals surface area contributed by atoms with Crippen molar-refractivity contribution in [3.63, 3.8) is 0 Å². The number of hydrogen-bond acceptors (Lipinski definition) is 2. The molecule has 2 N–H and O–H groups in total. The van der Waals surface area contributed by atoms with Crippen molar-refractivity contribution in [3.05, 3.63) is 12.7 Å². The Balaban J connectivity index is 3.39. The zero-order chi connectivity index (χ0) is 10.1. The van der Waals surface area contributed by atoms with E-state index in [0.29, 0.717) is 18.9 Å². The number of aliphatic hydroxyl groups excluding tert-OH is 1. The standard InChI is InChI=1S/C10H19NO2/c1-3-4-5-10(13)11-8-9(2)6-7-12/h3,9,12H,1,4-8H2,2H3,(H,11,13). The Labute approximate surface area is 79.8 Å². The van der Waals surface area contributed by atoms with Crippen LogP contribution in [-0.4, -0.2) is 24.2 Å². The Bertz CT molecular complexity index is 157. The summed E-state index contributed by atoms with van der Waals surface area (Å²) in [7, 11) is 0. The van der Waals surface area contributed by atoms with Gasteiger partial charge in [-0.05, 0) is 18.8 Å². The van der Waals surface area contributed by atoms with E-state index in [1.165, 1.54) is 0 Å². The lowest BCUT2D eigenvalue weighted by Gasteiger charge is -2.10. The second kappa shape index (κ2) is 7.80. The van der Waals surface area contributed by atoms with E-state index in [0.717, 1.165) is 12.8 Å². The van der Waals surface area contributed by atoms with E-state index >= 15 is 0 Å². The summed E-state index contributed by atoms with van der Waals surface area (Å²) in [6.45, 7) is 6.38. The molecule has 0 saturated heterocycles. The molecule has 0 aliphatic rings. The third kappa shape index (κ3) is 7.53. The van der Waals surface area contributed by atoms with Crippen LogP contribution in [-0.2, 0) is 4.79 Å². The van der Waals surface area contributed by atoms with Gasteiger partial charge in [-0.2, -0.15) is 0 Å². The van der Waals surface area contributed by atoms with Crippen molar-refractivity contribution in [2.75, 3.05) is 13.2 Å². The molecule has 1 atom stereocenters. The number of allylic oxidation sites excluding steroid dienone is 1. The maximum absolute atomic E-state index is 11.1. The van der Waals surface area contributed by atoms with Gasteiger partial charge in [0, 0.05) is 19.6 Å². The Morgan fingerprint density at radius 1 is 1.69 bits per heavy atom. The molecule has 0 aromatic rings. The van der Waals surface area contributed by atoms with Crippen molar-refractivity contribution in [2.24, 2.45) is 5.92 Å². The van der Waals surface area contributed by atoms with Crippen LogP contribution < -0.4 is 5.32 Å². The molecular weight excluding hydrogens is 166 g/mol. The number of aliphatic hydroxyl groups is 1. The van der Waals surface area contributed by atoms with Crippen molar-refractivity contribution >= 4 is 5.91 Å². The summed E-state index contributed by atoms with van der Waals surface area (Å²) in [5.74, 6) is 0.405. The van der Waals surface area contributed by atoms with Crippen molar-refractivity contribution in [1.82, 2.24) is 5.32 Å². The summed E-state index contributed by atoms with van der Waals surface area (Å²) >= 11 is 0. The van der Waals surface area contributed by atoms with Gasteiger partial charge in [0.15, 0.2) is 0 Å². The van der Waals surface area contributed by atoms with Crippen LogP contribution in [0, 0.1) is 5.92 Å². The van der Waals surface area contributed by atoms with Crippen LogP contribution in [0.2, 0.25) is 0 Å². The summed E-state index contributed by atoms with van der Waals surface area (Å²) in [5, 5.41) is 11.4. The summed E-state index contributed by atoms with van der Waals surface area (Å²) in [6, 6.07) is 0. The molecule has 0 radical (unpaired) electrons. The molecule has 13 heavy (non-hydrogen) atoms. The lowest BCUT2D eigenvalue weighted by atomic mass is 10.1. The molecule has 0 aliphatic heterocycles. The average Bonchev–Trinajstić information content (AvgIpc) is 2.12. The summed E-state index contributed by atoms with van der Waals surface area (Å²) in [5.41, 5.74) is 0. The molecule has 0 aromatic heterocycles. The Hall–Kier alpha value is -0.830. The first-order valence-electron chi connectivity index (χ1n) is 4.69. The van der Waals surface area contributed by atoms with Crippen molar-refractivity contribution in [2.45, 2.75) is 26.2 Å². The SMILES string of the molecule is C=CCCC(=O)NCC(C)CCO. The number of amides is 1. The first-order valence-corrected chi connectivity index (χ1v) is 4.69. The lowest BCUT2D eigenvalue weighted by Crippen LogP contribution is -2.28. The highest BCUT2D eigenvalue weighted by Crippen LogP contribution is 1.98. The van der Waals surface area contributed by atoms with Crippen molar-refractivity contribution in [1.29, 1.82) is 0 Å². The smallest absolute Gasteiger partial charge is 0.220 e. The van der Waals surface area contributed by atoms with Gasteiger partial charge < -0.3 is 10.4 Å². The van der Waals surface area contributed by atoms with Crippen LogP contribution in [0.5, 0.6) is 0 Å². The van der Waals surface area contributed by atoms with E-state index in [1.807, 2.05) is 6.92 Å². The van der Waals surface area contributed by atoms with Crippen molar-refractivity contribution in [3.8, 4) is 0 Å². The van der Waals surface area contributed by atoms with E-state index in [-0.39, 0.29) is 12.5 Å². The predicted octanol–water partition coefficient (Wildman–Crippen LogP) is 1.09. The highest BCUT2D eigenvalue weighted by molar-refractivity contribution is 5.75. The van der Waals surface area contributed by atoms with E-state index in [4.69, 9.17) is 5.11 Å². The van der Waals surface area contributed by atoms with E-state index in [9.17, 15) is 4.79 Å². The third-order valence-corrected chi connectivity index (χ3v) is 1.85. The minimum absolute atomic E-state index is 0.0599. The first-order chi connectivity index (χ1) is 6.20. The van der Waals surface area contributed by atoms with Gasteiger partial charge in [0.25, 0.3) is 0 Å². The molecule has 3 heteroatoms. The summed E-state index contributed by atoms with van der Waals surface area (Å²) < 4.78 is 0.